The van der Waals surface area contributed by atoms with Crippen molar-refractivity contribution >= 4 is 11.3 Å². The van der Waals surface area contributed by atoms with Gasteiger partial charge in [0.05, 0.1) is 0 Å². The lowest BCUT2D eigenvalue weighted by Crippen LogP contribution is -2.09. The number of thiophene rings is 1. The van der Waals surface area contributed by atoms with Gasteiger partial charge in [0, 0.05) is 10.9 Å². The van der Waals surface area contributed by atoms with Gasteiger partial charge in [-0.3, -0.25) is 0 Å². The molecule has 2 N–H and O–H groups in total. The Balaban J connectivity index is 1.95. The van der Waals surface area contributed by atoms with E-state index in [1.165, 1.54) is 16.0 Å². The Labute approximate surface area is 101 Å². The summed E-state index contributed by atoms with van der Waals surface area (Å²) in [6.07, 6.45) is 2.08. The molecule has 2 rings (SSSR count). The van der Waals surface area contributed by atoms with Gasteiger partial charge in [0.1, 0.15) is 0 Å². The maximum atomic E-state index is 6.15. The molecule has 0 amide bonds. The molecule has 1 unspecified atom stereocenters. The Kier molecular flexibility index (Phi) is 3.75. The number of hydrogen-bond donors (Lipinski definition) is 1. The van der Waals surface area contributed by atoms with Gasteiger partial charge in [-0.25, -0.2) is 0 Å². The summed E-state index contributed by atoms with van der Waals surface area (Å²) in [5, 5.41) is 2.09. The highest BCUT2D eigenvalue weighted by molar-refractivity contribution is 7.10. The van der Waals surface area contributed by atoms with E-state index in [-0.39, 0.29) is 6.04 Å². The van der Waals surface area contributed by atoms with E-state index in [2.05, 4.69) is 48.7 Å². The Hall–Kier alpha value is -1.12. The number of hydrogen-bond acceptors (Lipinski definition) is 2. The summed E-state index contributed by atoms with van der Waals surface area (Å²) in [7, 11) is 0. The molecule has 1 nitrogen and oxygen atoms in total. The van der Waals surface area contributed by atoms with E-state index in [1.807, 2.05) is 0 Å². The van der Waals surface area contributed by atoms with Crippen molar-refractivity contribution in [2.24, 2.45) is 5.73 Å². The molecule has 84 valence electrons. The summed E-state index contributed by atoms with van der Waals surface area (Å²) in [6, 6.07) is 12.9. The van der Waals surface area contributed by atoms with Crippen LogP contribution in [0.2, 0.25) is 0 Å². The topological polar surface area (TPSA) is 26.0 Å². The van der Waals surface area contributed by atoms with Crippen LogP contribution in [-0.2, 0) is 6.42 Å². The van der Waals surface area contributed by atoms with Gasteiger partial charge in [0.25, 0.3) is 0 Å². The molecule has 0 spiro atoms. The van der Waals surface area contributed by atoms with Crippen LogP contribution in [0.25, 0.3) is 0 Å². The largest absolute Gasteiger partial charge is 0.323 e. The Morgan fingerprint density at radius 2 is 2.00 bits per heavy atom. The van der Waals surface area contributed by atoms with E-state index in [9.17, 15) is 0 Å². The van der Waals surface area contributed by atoms with Crippen molar-refractivity contribution < 1.29 is 0 Å². The molecule has 0 fully saturated rings. The highest BCUT2D eigenvalue weighted by Gasteiger charge is 2.07. The van der Waals surface area contributed by atoms with Gasteiger partial charge in [0.2, 0.25) is 0 Å². The quantitative estimate of drug-likeness (QED) is 0.853. The standard InChI is InChI=1S/C14H17NS/c1-11-5-2-3-6-12(11)8-9-13(15)14-7-4-10-16-14/h2-7,10,13H,8-9,15H2,1H3. The summed E-state index contributed by atoms with van der Waals surface area (Å²) in [6.45, 7) is 2.16. The fraction of sp³-hybridized carbons (Fsp3) is 0.286. The van der Waals surface area contributed by atoms with Crippen molar-refractivity contribution in [2.45, 2.75) is 25.8 Å². The Bertz CT molecular complexity index is 434. The van der Waals surface area contributed by atoms with Gasteiger partial charge in [-0.15, -0.1) is 11.3 Å². The minimum absolute atomic E-state index is 0.180. The predicted molar refractivity (Wildman–Crippen MR) is 70.7 cm³/mol. The first-order valence-corrected chi connectivity index (χ1v) is 6.49. The average Bonchev–Trinajstić information content (AvgIpc) is 2.81. The Morgan fingerprint density at radius 1 is 1.19 bits per heavy atom. The first-order chi connectivity index (χ1) is 7.77. The van der Waals surface area contributed by atoms with Gasteiger partial charge in [-0.05, 0) is 42.3 Å². The molecule has 1 aromatic heterocycles. The summed E-state index contributed by atoms with van der Waals surface area (Å²) >= 11 is 1.75. The molecular formula is C14H17NS. The van der Waals surface area contributed by atoms with Crippen molar-refractivity contribution in [3.05, 3.63) is 57.8 Å². The van der Waals surface area contributed by atoms with Crippen LogP contribution in [0.1, 0.15) is 28.5 Å². The van der Waals surface area contributed by atoms with Gasteiger partial charge in [-0.1, -0.05) is 30.3 Å². The highest BCUT2D eigenvalue weighted by Crippen LogP contribution is 2.22. The molecule has 1 aromatic carbocycles. The molecule has 0 bridgehead atoms. The predicted octanol–water partition coefficient (Wildman–Crippen LogP) is 3.69. The number of rotatable bonds is 4. The smallest absolute Gasteiger partial charge is 0.0392 e. The summed E-state index contributed by atoms with van der Waals surface area (Å²) in [4.78, 5) is 1.29. The zero-order valence-electron chi connectivity index (χ0n) is 9.52. The minimum Gasteiger partial charge on any atom is -0.323 e. The van der Waals surface area contributed by atoms with Crippen LogP contribution in [0.5, 0.6) is 0 Å². The molecule has 0 aliphatic rings. The summed E-state index contributed by atoms with van der Waals surface area (Å²) in [5.74, 6) is 0. The fourth-order valence-electron chi connectivity index (χ4n) is 1.85. The van der Waals surface area contributed by atoms with E-state index in [4.69, 9.17) is 5.73 Å². The zero-order chi connectivity index (χ0) is 11.4. The average molecular weight is 231 g/mol. The molecule has 1 atom stereocenters. The van der Waals surface area contributed by atoms with Crippen molar-refractivity contribution in [1.29, 1.82) is 0 Å². The van der Waals surface area contributed by atoms with E-state index in [1.54, 1.807) is 11.3 Å². The molecule has 0 radical (unpaired) electrons. The fourth-order valence-corrected chi connectivity index (χ4v) is 2.61. The van der Waals surface area contributed by atoms with E-state index in [0.717, 1.165) is 12.8 Å². The molecule has 2 heteroatoms. The van der Waals surface area contributed by atoms with E-state index >= 15 is 0 Å². The summed E-state index contributed by atoms with van der Waals surface area (Å²) < 4.78 is 0. The van der Waals surface area contributed by atoms with Crippen LogP contribution in [0.4, 0.5) is 0 Å². The number of benzene rings is 1. The van der Waals surface area contributed by atoms with Crippen molar-refractivity contribution in [3.63, 3.8) is 0 Å². The van der Waals surface area contributed by atoms with E-state index in [0.29, 0.717) is 0 Å². The molecule has 0 aliphatic carbocycles. The molecular weight excluding hydrogens is 214 g/mol. The molecule has 0 saturated carbocycles. The lowest BCUT2D eigenvalue weighted by molar-refractivity contribution is 0.660. The van der Waals surface area contributed by atoms with Crippen LogP contribution in [0.15, 0.2) is 41.8 Å². The number of aryl methyl sites for hydroxylation is 2. The van der Waals surface area contributed by atoms with Gasteiger partial charge in [-0.2, -0.15) is 0 Å². The van der Waals surface area contributed by atoms with Crippen LogP contribution in [0.3, 0.4) is 0 Å². The maximum absolute atomic E-state index is 6.15. The van der Waals surface area contributed by atoms with Gasteiger partial charge in [0.15, 0.2) is 0 Å². The van der Waals surface area contributed by atoms with Crippen LogP contribution in [0, 0.1) is 6.92 Å². The van der Waals surface area contributed by atoms with Gasteiger partial charge >= 0.3 is 0 Å². The SMILES string of the molecule is Cc1ccccc1CCC(N)c1cccs1. The first kappa shape index (κ1) is 11.4. The molecule has 0 saturated heterocycles. The third-order valence-corrected chi connectivity index (χ3v) is 3.90. The van der Waals surface area contributed by atoms with E-state index < -0.39 is 0 Å². The summed E-state index contributed by atoms with van der Waals surface area (Å²) in [5.41, 5.74) is 8.92. The molecule has 2 aromatic rings. The second kappa shape index (κ2) is 5.28. The second-order valence-corrected chi connectivity index (χ2v) is 5.07. The second-order valence-electron chi connectivity index (χ2n) is 4.09. The van der Waals surface area contributed by atoms with Crippen LogP contribution < -0.4 is 5.73 Å². The molecule has 16 heavy (non-hydrogen) atoms. The maximum Gasteiger partial charge on any atom is 0.0392 e. The lowest BCUT2D eigenvalue weighted by atomic mass is 10.0. The number of nitrogens with two attached hydrogens (primary N) is 1. The van der Waals surface area contributed by atoms with Crippen molar-refractivity contribution in [1.82, 2.24) is 0 Å². The third kappa shape index (κ3) is 2.71. The minimum atomic E-state index is 0.180. The Morgan fingerprint density at radius 3 is 2.69 bits per heavy atom. The lowest BCUT2D eigenvalue weighted by Gasteiger charge is -2.10. The monoisotopic (exact) mass is 231 g/mol. The highest BCUT2D eigenvalue weighted by atomic mass is 32.1. The third-order valence-electron chi connectivity index (χ3n) is 2.89. The van der Waals surface area contributed by atoms with Gasteiger partial charge < -0.3 is 5.73 Å². The van der Waals surface area contributed by atoms with Crippen LogP contribution in [-0.4, -0.2) is 0 Å². The van der Waals surface area contributed by atoms with Crippen molar-refractivity contribution in [2.75, 3.05) is 0 Å². The molecule has 1 heterocycles. The normalized spacial score (nSPS) is 12.6. The van der Waals surface area contributed by atoms with Crippen molar-refractivity contribution in [3.8, 4) is 0 Å². The zero-order valence-corrected chi connectivity index (χ0v) is 10.3. The van der Waals surface area contributed by atoms with Crippen LogP contribution >= 0.6 is 11.3 Å². The first-order valence-electron chi connectivity index (χ1n) is 5.61. The molecule has 0 aliphatic heterocycles.